The zero-order valence-corrected chi connectivity index (χ0v) is 13.8. The van der Waals surface area contributed by atoms with Crippen molar-refractivity contribution in [3.8, 4) is 0 Å². The summed E-state index contributed by atoms with van der Waals surface area (Å²) in [7, 11) is -1.87. The summed E-state index contributed by atoms with van der Waals surface area (Å²) in [5, 5.41) is 0. The van der Waals surface area contributed by atoms with Gasteiger partial charge in [-0.2, -0.15) is 12.7 Å². The average Bonchev–Trinajstić information content (AvgIpc) is 3.10. The van der Waals surface area contributed by atoms with E-state index < -0.39 is 10.2 Å². The quantitative estimate of drug-likeness (QED) is 0.830. The molecule has 1 aliphatic heterocycles. The number of furan rings is 1. The fraction of sp³-hybridized carbons (Fsp3) is 0.714. The molecule has 2 heterocycles. The van der Waals surface area contributed by atoms with Crippen molar-refractivity contribution in [1.82, 2.24) is 13.9 Å². The molecule has 0 aromatic carbocycles. The van der Waals surface area contributed by atoms with E-state index in [4.69, 9.17) is 4.42 Å². The fourth-order valence-corrected chi connectivity index (χ4v) is 3.63. The molecule has 7 heteroatoms. The summed E-state index contributed by atoms with van der Waals surface area (Å²) >= 11 is 0. The molecule has 1 aromatic rings. The molecule has 6 nitrogen and oxygen atoms in total. The van der Waals surface area contributed by atoms with E-state index in [1.54, 1.807) is 13.3 Å². The summed E-state index contributed by atoms with van der Waals surface area (Å²) in [5.74, 6) is 0.812. The molecule has 1 atom stereocenters. The third-order valence-corrected chi connectivity index (χ3v) is 5.73. The van der Waals surface area contributed by atoms with Gasteiger partial charge in [0, 0.05) is 19.6 Å². The Kier molecular flexibility index (Phi) is 5.43. The first-order valence-electron chi connectivity index (χ1n) is 7.42. The van der Waals surface area contributed by atoms with Crippen LogP contribution in [0.25, 0.3) is 0 Å². The number of hydrogen-bond donors (Lipinski definition) is 1. The van der Waals surface area contributed by atoms with E-state index in [0.717, 1.165) is 31.7 Å². The molecule has 0 saturated carbocycles. The summed E-state index contributed by atoms with van der Waals surface area (Å²) in [6.07, 6.45) is 3.93. The number of nitrogens with zero attached hydrogens (tertiary/aromatic N) is 2. The predicted molar refractivity (Wildman–Crippen MR) is 82.1 cm³/mol. The van der Waals surface area contributed by atoms with Crippen molar-refractivity contribution in [1.29, 1.82) is 0 Å². The summed E-state index contributed by atoms with van der Waals surface area (Å²) in [6, 6.07) is 3.63. The van der Waals surface area contributed by atoms with Crippen LogP contribution in [0.4, 0.5) is 0 Å². The van der Waals surface area contributed by atoms with Gasteiger partial charge in [-0.1, -0.05) is 0 Å². The minimum absolute atomic E-state index is 0.0437. The van der Waals surface area contributed by atoms with Crippen molar-refractivity contribution in [2.75, 3.05) is 26.7 Å². The Hall–Kier alpha value is -0.890. The van der Waals surface area contributed by atoms with Crippen molar-refractivity contribution >= 4 is 10.2 Å². The van der Waals surface area contributed by atoms with Crippen molar-refractivity contribution in [3.05, 3.63) is 24.2 Å². The molecule has 1 saturated heterocycles. The molecule has 0 bridgehead atoms. The Morgan fingerprint density at radius 1 is 1.38 bits per heavy atom. The Morgan fingerprint density at radius 2 is 2.05 bits per heavy atom. The largest absolute Gasteiger partial charge is 0.468 e. The Balaban J connectivity index is 2.06. The maximum Gasteiger partial charge on any atom is 0.279 e. The average molecular weight is 315 g/mol. The van der Waals surface area contributed by atoms with E-state index in [1.165, 1.54) is 4.31 Å². The highest BCUT2D eigenvalue weighted by molar-refractivity contribution is 7.87. The minimum Gasteiger partial charge on any atom is -0.468 e. The van der Waals surface area contributed by atoms with Crippen LogP contribution in [0.15, 0.2) is 22.8 Å². The van der Waals surface area contributed by atoms with Gasteiger partial charge >= 0.3 is 0 Å². The van der Waals surface area contributed by atoms with Crippen LogP contribution >= 0.6 is 0 Å². The van der Waals surface area contributed by atoms with E-state index in [-0.39, 0.29) is 12.1 Å². The minimum atomic E-state index is -3.46. The van der Waals surface area contributed by atoms with Gasteiger partial charge in [0.15, 0.2) is 0 Å². The second-order valence-corrected chi connectivity index (χ2v) is 7.55. The SMILES string of the molecule is CC(C)N(C)S(=O)(=O)NC[C@@H](c1ccco1)N1CCCC1. The molecule has 0 spiro atoms. The molecule has 21 heavy (non-hydrogen) atoms. The second-order valence-electron chi connectivity index (χ2n) is 5.74. The standard InChI is InChI=1S/C14H25N3O3S/c1-12(2)16(3)21(18,19)15-11-13(14-7-6-10-20-14)17-8-4-5-9-17/h6-7,10,12-13,15H,4-5,8-9,11H2,1-3H3/t13-/m0/s1. The number of rotatable bonds is 7. The van der Waals surface area contributed by atoms with Crippen molar-refractivity contribution in [2.45, 2.75) is 38.8 Å². The third kappa shape index (κ3) is 4.06. The predicted octanol–water partition coefficient (Wildman–Crippen LogP) is 1.59. The van der Waals surface area contributed by atoms with Gasteiger partial charge in [-0.05, 0) is 51.9 Å². The van der Waals surface area contributed by atoms with Gasteiger partial charge in [-0.3, -0.25) is 4.90 Å². The topological polar surface area (TPSA) is 65.8 Å². The second kappa shape index (κ2) is 6.91. The summed E-state index contributed by atoms with van der Waals surface area (Å²) < 4.78 is 34.0. The van der Waals surface area contributed by atoms with Crippen LogP contribution in [0, 0.1) is 0 Å². The number of hydrogen-bond acceptors (Lipinski definition) is 4. The molecule has 0 amide bonds. The first-order chi connectivity index (χ1) is 9.92. The lowest BCUT2D eigenvalue weighted by Crippen LogP contribution is -2.45. The molecular formula is C14H25N3O3S. The monoisotopic (exact) mass is 315 g/mol. The normalized spacial score (nSPS) is 18.7. The van der Waals surface area contributed by atoms with Gasteiger partial charge in [-0.15, -0.1) is 0 Å². The Labute approximate surface area is 127 Å². The van der Waals surface area contributed by atoms with Crippen LogP contribution in [-0.4, -0.2) is 50.3 Å². The smallest absolute Gasteiger partial charge is 0.279 e. The van der Waals surface area contributed by atoms with Crippen LogP contribution in [0.5, 0.6) is 0 Å². The van der Waals surface area contributed by atoms with E-state index in [9.17, 15) is 8.42 Å². The van der Waals surface area contributed by atoms with E-state index in [1.807, 2.05) is 26.0 Å². The summed E-state index contributed by atoms with van der Waals surface area (Å²) in [6.45, 7) is 5.99. The highest BCUT2D eigenvalue weighted by atomic mass is 32.2. The van der Waals surface area contributed by atoms with E-state index in [2.05, 4.69) is 9.62 Å². The lowest BCUT2D eigenvalue weighted by molar-refractivity contribution is 0.215. The van der Waals surface area contributed by atoms with Gasteiger partial charge in [0.1, 0.15) is 5.76 Å². The van der Waals surface area contributed by atoms with E-state index >= 15 is 0 Å². The van der Waals surface area contributed by atoms with Crippen LogP contribution < -0.4 is 4.72 Å². The van der Waals surface area contributed by atoms with Gasteiger partial charge in [0.05, 0.1) is 12.3 Å². The maximum absolute atomic E-state index is 12.2. The molecule has 120 valence electrons. The fourth-order valence-electron chi connectivity index (χ4n) is 2.51. The van der Waals surface area contributed by atoms with E-state index in [0.29, 0.717) is 6.54 Å². The van der Waals surface area contributed by atoms with Crippen molar-refractivity contribution in [2.24, 2.45) is 0 Å². The molecule has 2 rings (SSSR count). The molecule has 0 unspecified atom stereocenters. The van der Waals surface area contributed by atoms with Crippen molar-refractivity contribution < 1.29 is 12.8 Å². The lowest BCUT2D eigenvalue weighted by Gasteiger charge is -2.28. The Bertz CT molecular complexity index is 522. The highest BCUT2D eigenvalue weighted by Crippen LogP contribution is 2.25. The molecule has 0 radical (unpaired) electrons. The third-order valence-electron chi connectivity index (χ3n) is 4.02. The lowest BCUT2D eigenvalue weighted by atomic mass is 10.2. The van der Waals surface area contributed by atoms with Crippen LogP contribution in [0.2, 0.25) is 0 Å². The highest BCUT2D eigenvalue weighted by Gasteiger charge is 2.28. The van der Waals surface area contributed by atoms with Gasteiger partial charge in [0.2, 0.25) is 0 Å². The zero-order chi connectivity index (χ0) is 15.5. The molecule has 1 aromatic heterocycles. The molecule has 1 N–H and O–H groups in total. The van der Waals surface area contributed by atoms with Crippen LogP contribution in [0.1, 0.15) is 38.5 Å². The maximum atomic E-state index is 12.2. The first kappa shape index (κ1) is 16.5. The van der Waals surface area contributed by atoms with Gasteiger partial charge in [-0.25, -0.2) is 4.72 Å². The van der Waals surface area contributed by atoms with Gasteiger partial charge < -0.3 is 4.42 Å². The Morgan fingerprint density at radius 3 is 2.57 bits per heavy atom. The number of likely N-dealkylation sites (tertiary alicyclic amines) is 1. The number of nitrogens with one attached hydrogen (secondary N) is 1. The zero-order valence-electron chi connectivity index (χ0n) is 12.9. The molecule has 1 aliphatic rings. The van der Waals surface area contributed by atoms with Crippen LogP contribution in [0.3, 0.4) is 0 Å². The molecule has 1 fully saturated rings. The van der Waals surface area contributed by atoms with Crippen LogP contribution in [-0.2, 0) is 10.2 Å². The molecular weight excluding hydrogens is 290 g/mol. The van der Waals surface area contributed by atoms with Gasteiger partial charge in [0.25, 0.3) is 10.2 Å². The summed E-state index contributed by atoms with van der Waals surface area (Å²) in [4.78, 5) is 2.27. The molecule has 0 aliphatic carbocycles. The first-order valence-corrected chi connectivity index (χ1v) is 8.86. The van der Waals surface area contributed by atoms with Crippen molar-refractivity contribution in [3.63, 3.8) is 0 Å². The summed E-state index contributed by atoms with van der Waals surface area (Å²) in [5.41, 5.74) is 0.